The SMILES string of the molecule is C[C@@H]1C=C[C@H]2CC[C@@H](C(C)(C)C)N2C(=O)[C@H]1NC(=O)OC(C)(C)C. The third-order valence-electron chi connectivity index (χ3n) is 4.78. The lowest BCUT2D eigenvalue weighted by atomic mass is 9.84. The number of ether oxygens (including phenoxy) is 1. The molecule has 0 unspecified atom stereocenters. The Morgan fingerprint density at radius 3 is 2.33 bits per heavy atom. The van der Waals surface area contributed by atoms with E-state index in [0.29, 0.717) is 0 Å². The summed E-state index contributed by atoms with van der Waals surface area (Å²) in [6.45, 7) is 13.9. The second kappa shape index (κ2) is 6.41. The van der Waals surface area contributed by atoms with E-state index >= 15 is 0 Å². The second-order valence-electron chi connectivity index (χ2n) is 9.14. The third-order valence-corrected chi connectivity index (χ3v) is 4.78. The number of hydrogen-bond donors (Lipinski definition) is 1. The van der Waals surface area contributed by atoms with Crippen LogP contribution in [0.5, 0.6) is 0 Å². The van der Waals surface area contributed by atoms with Crippen LogP contribution >= 0.6 is 0 Å². The van der Waals surface area contributed by atoms with Gasteiger partial charge in [0.1, 0.15) is 11.6 Å². The van der Waals surface area contributed by atoms with Crippen LogP contribution in [0.2, 0.25) is 0 Å². The number of rotatable bonds is 1. The summed E-state index contributed by atoms with van der Waals surface area (Å²) in [6.07, 6.45) is 5.63. The molecule has 0 aromatic rings. The van der Waals surface area contributed by atoms with Gasteiger partial charge in [0.25, 0.3) is 0 Å². The lowest BCUT2D eigenvalue weighted by Crippen LogP contribution is -2.55. The van der Waals surface area contributed by atoms with Crippen LogP contribution in [0.25, 0.3) is 0 Å². The van der Waals surface area contributed by atoms with Crippen molar-refractivity contribution in [2.75, 3.05) is 0 Å². The van der Waals surface area contributed by atoms with Crippen LogP contribution in [0.3, 0.4) is 0 Å². The molecule has 0 aromatic carbocycles. The van der Waals surface area contributed by atoms with E-state index in [4.69, 9.17) is 4.74 Å². The van der Waals surface area contributed by atoms with Gasteiger partial charge in [0.05, 0.1) is 6.04 Å². The Morgan fingerprint density at radius 2 is 1.79 bits per heavy atom. The number of carbonyl (C=O) groups excluding carboxylic acids is 2. The monoisotopic (exact) mass is 336 g/mol. The van der Waals surface area contributed by atoms with E-state index in [1.54, 1.807) is 0 Å². The molecule has 2 heterocycles. The first-order valence-corrected chi connectivity index (χ1v) is 8.90. The van der Waals surface area contributed by atoms with Crippen LogP contribution in [-0.4, -0.2) is 40.6 Å². The first kappa shape index (κ1) is 18.8. The summed E-state index contributed by atoms with van der Waals surface area (Å²) in [6, 6.07) is -0.258. The quantitative estimate of drug-likeness (QED) is 0.746. The molecule has 136 valence electrons. The van der Waals surface area contributed by atoms with E-state index in [9.17, 15) is 9.59 Å². The Morgan fingerprint density at radius 1 is 1.17 bits per heavy atom. The molecular weight excluding hydrogens is 304 g/mol. The molecule has 0 radical (unpaired) electrons. The highest BCUT2D eigenvalue weighted by molar-refractivity contribution is 5.87. The molecule has 0 spiro atoms. The minimum atomic E-state index is -0.582. The van der Waals surface area contributed by atoms with Gasteiger partial charge in [-0.15, -0.1) is 0 Å². The van der Waals surface area contributed by atoms with Crippen molar-refractivity contribution in [3.8, 4) is 0 Å². The average molecular weight is 336 g/mol. The normalized spacial score (nSPS) is 30.8. The van der Waals surface area contributed by atoms with Crippen LogP contribution in [0, 0.1) is 11.3 Å². The smallest absolute Gasteiger partial charge is 0.408 e. The average Bonchev–Trinajstić information content (AvgIpc) is 2.79. The van der Waals surface area contributed by atoms with Crippen LogP contribution in [-0.2, 0) is 9.53 Å². The van der Waals surface area contributed by atoms with Gasteiger partial charge in [0.15, 0.2) is 0 Å². The molecule has 1 fully saturated rings. The molecule has 2 amide bonds. The number of amides is 2. The molecule has 2 rings (SSSR count). The van der Waals surface area contributed by atoms with Crippen LogP contribution in [0.4, 0.5) is 4.79 Å². The molecule has 4 atom stereocenters. The van der Waals surface area contributed by atoms with Crippen molar-refractivity contribution in [3.05, 3.63) is 12.2 Å². The van der Waals surface area contributed by atoms with Gasteiger partial charge in [-0.3, -0.25) is 4.79 Å². The van der Waals surface area contributed by atoms with Crippen molar-refractivity contribution < 1.29 is 14.3 Å². The van der Waals surface area contributed by atoms with Gasteiger partial charge in [-0.2, -0.15) is 0 Å². The maximum absolute atomic E-state index is 13.2. The van der Waals surface area contributed by atoms with E-state index in [-0.39, 0.29) is 29.3 Å². The lowest BCUT2D eigenvalue weighted by Gasteiger charge is -2.38. The Balaban J connectivity index is 2.21. The summed E-state index contributed by atoms with van der Waals surface area (Å²) in [7, 11) is 0. The minimum Gasteiger partial charge on any atom is -0.444 e. The highest BCUT2D eigenvalue weighted by Crippen LogP contribution is 2.38. The third kappa shape index (κ3) is 4.11. The predicted molar refractivity (Wildman–Crippen MR) is 94.6 cm³/mol. The van der Waals surface area contributed by atoms with Crippen molar-refractivity contribution >= 4 is 12.0 Å². The van der Waals surface area contributed by atoms with Crippen molar-refractivity contribution in [1.82, 2.24) is 10.2 Å². The highest BCUT2D eigenvalue weighted by Gasteiger charge is 2.46. The molecule has 1 N–H and O–H groups in total. The first-order chi connectivity index (χ1) is 10.9. The molecule has 0 bridgehead atoms. The fourth-order valence-electron chi connectivity index (χ4n) is 3.62. The molecular formula is C19H32N2O3. The standard InChI is InChI=1S/C19H32N2O3/c1-12-8-9-13-10-11-14(18(2,3)4)21(13)16(22)15(12)20-17(23)24-19(5,6)7/h8-9,12-15H,10-11H2,1-7H3,(H,20,23)/t12-,13+,14+,15+/m1/s1. The molecule has 2 aliphatic heterocycles. The van der Waals surface area contributed by atoms with Crippen LogP contribution in [0.15, 0.2) is 12.2 Å². The zero-order valence-electron chi connectivity index (χ0n) is 16.1. The molecule has 0 saturated carbocycles. The predicted octanol–water partition coefficient (Wildman–Crippen LogP) is 3.49. The summed E-state index contributed by atoms with van der Waals surface area (Å²) < 4.78 is 5.34. The maximum Gasteiger partial charge on any atom is 0.408 e. The molecule has 24 heavy (non-hydrogen) atoms. The summed E-state index contributed by atoms with van der Waals surface area (Å²) >= 11 is 0. The molecule has 0 aromatic heterocycles. The zero-order valence-corrected chi connectivity index (χ0v) is 16.1. The summed E-state index contributed by atoms with van der Waals surface area (Å²) in [5.74, 6) is -0.0583. The molecule has 0 aliphatic carbocycles. The minimum absolute atomic E-state index is 0.000726. The van der Waals surface area contributed by atoms with Crippen LogP contribution in [0.1, 0.15) is 61.3 Å². The van der Waals surface area contributed by atoms with Crippen molar-refractivity contribution in [2.24, 2.45) is 11.3 Å². The number of carbonyl (C=O) groups is 2. The van der Waals surface area contributed by atoms with Crippen molar-refractivity contribution in [1.29, 1.82) is 0 Å². The van der Waals surface area contributed by atoms with E-state index in [1.807, 2.05) is 32.6 Å². The van der Waals surface area contributed by atoms with Gasteiger partial charge in [-0.05, 0) is 39.0 Å². The summed E-state index contributed by atoms with van der Waals surface area (Å²) in [5.41, 5.74) is -0.566. The topological polar surface area (TPSA) is 58.6 Å². The number of nitrogens with one attached hydrogen (secondary N) is 1. The van der Waals surface area contributed by atoms with E-state index in [2.05, 4.69) is 38.2 Å². The summed E-state index contributed by atoms with van der Waals surface area (Å²) in [5, 5.41) is 2.80. The van der Waals surface area contributed by atoms with Crippen molar-refractivity contribution in [3.63, 3.8) is 0 Å². The Bertz CT molecular complexity index is 528. The van der Waals surface area contributed by atoms with Gasteiger partial charge in [0.2, 0.25) is 5.91 Å². The van der Waals surface area contributed by atoms with E-state index in [0.717, 1.165) is 12.8 Å². The number of alkyl carbamates (subject to hydrolysis) is 1. The molecule has 5 heteroatoms. The van der Waals surface area contributed by atoms with Crippen molar-refractivity contribution in [2.45, 2.75) is 85.0 Å². The van der Waals surface area contributed by atoms with E-state index in [1.165, 1.54) is 0 Å². The summed E-state index contributed by atoms with van der Waals surface area (Å²) in [4.78, 5) is 27.4. The first-order valence-electron chi connectivity index (χ1n) is 8.90. The Hall–Kier alpha value is -1.52. The van der Waals surface area contributed by atoms with Gasteiger partial charge < -0.3 is 15.0 Å². The fraction of sp³-hybridized carbons (Fsp3) is 0.789. The second-order valence-corrected chi connectivity index (χ2v) is 9.14. The molecule has 1 saturated heterocycles. The lowest BCUT2D eigenvalue weighted by molar-refractivity contribution is -0.138. The highest BCUT2D eigenvalue weighted by atomic mass is 16.6. The van der Waals surface area contributed by atoms with Crippen LogP contribution < -0.4 is 5.32 Å². The van der Waals surface area contributed by atoms with Gasteiger partial charge in [-0.1, -0.05) is 39.8 Å². The Labute approximate surface area is 145 Å². The zero-order chi connectivity index (χ0) is 18.3. The van der Waals surface area contributed by atoms with Gasteiger partial charge >= 0.3 is 6.09 Å². The Kier molecular flexibility index (Phi) is 5.03. The number of nitrogens with zero attached hydrogens (tertiary/aromatic N) is 1. The van der Waals surface area contributed by atoms with Gasteiger partial charge in [0, 0.05) is 12.0 Å². The molecule has 5 nitrogen and oxygen atoms in total. The van der Waals surface area contributed by atoms with Gasteiger partial charge in [-0.25, -0.2) is 4.79 Å². The largest absolute Gasteiger partial charge is 0.444 e. The number of hydrogen-bond acceptors (Lipinski definition) is 3. The fourth-order valence-corrected chi connectivity index (χ4v) is 3.62. The van der Waals surface area contributed by atoms with E-state index < -0.39 is 17.7 Å². The maximum atomic E-state index is 13.2. The molecule has 2 aliphatic rings. The number of fused-ring (bicyclic) bond motifs is 1.